The van der Waals surface area contributed by atoms with Gasteiger partial charge in [0.1, 0.15) is 28.8 Å². The zero-order valence-corrected chi connectivity index (χ0v) is 16.0. The summed E-state index contributed by atoms with van der Waals surface area (Å²) in [6.45, 7) is 3.69. The molecule has 1 aliphatic rings. The fraction of sp³-hybridized carbons (Fsp3) is 0.217. The van der Waals surface area contributed by atoms with E-state index in [9.17, 15) is 14.7 Å². The van der Waals surface area contributed by atoms with Gasteiger partial charge < -0.3 is 19.0 Å². The Bertz CT molecular complexity index is 1170. The molecule has 1 atom stereocenters. The standard InChI is InChI=1S/C23H20O6/c1-23(2)20(28-22(26)8-6-14-4-3-5-17(24)10-14)12-16-11-15-7-9-21(25)27-18(15)13-19(16)29-23/h3-11,13,20,24H,12H2,1-2H3/b8-6+. The lowest BCUT2D eigenvalue weighted by atomic mass is 9.90. The Morgan fingerprint density at radius 2 is 2.03 bits per heavy atom. The van der Waals surface area contributed by atoms with Gasteiger partial charge in [-0.05, 0) is 55.3 Å². The Kier molecular flexibility index (Phi) is 4.62. The number of carbonyl (C=O) groups excluding carboxylic acids is 1. The molecule has 1 unspecified atom stereocenters. The Morgan fingerprint density at radius 3 is 2.83 bits per heavy atom. The monoisotopic (exact) mass is 392 g/mol. The minimum Gasteiger partial charge on any atom is -0.508 e. The second kappa shape index (κ2) is 7.13. The van der Waals surface area contributed by atoms with Crippen LogP contribution in [0, 0.1) is 0 Å². The van der Waals surface area contributed by atoms with Gasteiger partial charge in [0.15, 0.2) is 0 Å². The molecule has 0 aliphatic carbocycles. The van der Waals surface area contributed by atoms with Crippen LogP contribution in [0.15, 0.2) is 63.8 Å². The normalized spacial score (nSPS) is 17.7. The van der Waals surface area contributed by atoms with E-state index in [1.54, 1.807) is 42.5 Å². The number of hydrogen-bond donors (Lipinski definition) is 1. The van der Waals surface area contributed by atoms with Gasteiger partial charge in [-0.1, -0.05) is 12.1 Å². The highest BCUT2D eigenvalue weighted by Gasteiger charge is 2.39. The van der Waals surface area contributed by atoms with Crippen LogP contribution in [-0.4, -0.2) is 22.8 Å². The number of aromatic hydroxyl groups is 1. The largest absolute Gasteiger partial charge is 0.508 e. The zero-order valence-electron chi connectivity index (χ0n) is 16.0. The highest BCUT2D eigenvalue weighted by Crippen LogP contribution is 2.37. The molecule has 0 saturated carbocycles. The molecule has 3 aromatic rings. The number of carbonyl (C=O) groups is 1. The minimum atomic E-state index is -0.760. The van der Waals surface area contributed by atoms with E-state index in [1.807, 2.05) is 19.9 Å². The van der Waals surface area contributed by atoms with Gasteiger partial charge in [0.05, 0.1) is 0 Å². The first-order valence-electron chi connectivity index (χ1n) is 9.24. The van der Waals surface area contributed by atoms with Crippen LogP contribution in [0.5, 0.6) is 11.5 Å². The van der Waals surface area contributed by atoms with E-state index in [-0.39, 0.29) is 5.75 Å². The second-order valence-corrected chi connectivity index (χ2v) is 7.52. The third-order valence-corrected chi connectivity index (χ3v) is 4.90. The number of phenolic OH excluding ortho intramolecular Hbond substituents is 1. The average Bonchev–Trinajstić information content (AvgIpc) is 2.65. The quantitative estimate of drug-likeness (QED) is 0.414. The summed E-state index contributed by atoms with van der Waals surface area (Å²) in [6, 6.07) is 13.2. The van der Waals surface area contributed by atoms with Crippen molar-refractivity contribution in [2.75, 3.05) is 0 Å². The molecule has 6 heteroatoms. The lowest BCUT2D eigenvalue weighted by Crippen LogP contribution is -2.48. The summed E-state index contributed by atoms with van der Waals surface area (Å²) in [7, 11) is 0. The van der Waals surface area contributed by atoms with Crippen molar-refractivity contribution in [3.05, 3.63) is 76.2 Å². The van der Waals surface area contributed by atoms with E-state index in [4.69, 9.17) is 13.9 Å². The summed E-state index contributed by atoms with van der Waals surface area (Å²) >= 11 is 0. The van der Waals surface area contributed by atoms with Crippen molar-refractivity contribution in [1.82, 2.24) is 0 Å². The van der Waals surface area contributed by atoms with Gasteiger partial charge in [-0.2, -0.15) is 0 Å². The molecule has 0 radical (unpaired) electrons. The van der Waals surface area contributed by atoms with Gasteiger partial charge in [-0.3, -0.25) is 0 Å². The molecule has 0 spiro atoms. The molecule has 4 rings (SSSR count). The third-order valence-electron chi connectivity index (χ3n) is 4.90. The maximum absolute atomic E-state index is 12.3. The summed E-state index contributed by atoms with van der Waals surface area (Å²) in [4.78, 5) is 23.8. The SMILES string of the molecule is CC1(C)Oc2cc3oc(=O)ccc3cc2CC1OC(=O)/C=C/c1cccc(O)c1. The van der Waals surface area contributed by atoms with Gasteiger partial charge in [-0.15, -0.1) is 0 Å². The van der Waals surface area contributed by atoms with Crippen molar-refractivity contribution in [2.45, 2.75) is 32.0 Å². The summed E-state index contributed by atoms with van der Waals surface area (Å²) in [6.07, 6.45) is 2.89. The Labute approximate surface area is 167 Å². The number of rotatable bonds is 3. The number of esters is 1. The molecular formula is C23H20O6. The minimum absolute atomic E-state index is 0.127. The predicted molar refractivity (Wildman–Crippen MR) is 108 cm³/mol. The molecule has 6 nitrogen and oxygen atoms in total. The molecule has 148 valence electrons. The Hall–Kier alpha value is -3.54. The molecule has 0 bridgehead atoms. The Balaban J connectivity index is 1.55. The fourth-order valence-corrected chi connectivity index (χ4v) is 3.35. The van der Waals surface area contributed by atoms with Crippen molar-refractivity contribution >= 4 is 23.0 Å². The van der Waals surface area contributed by atoms with Gasteiger partial charge in [-0.25, -0.2) is 9.59 Å². The van der Waals surface area contributed by atoms with Crippen LogP contribution in [0.2, 0.25) is 0 Å². The van der Waals surface area contributed by atoms with E-state index in [0.717, 1.165) is 10.9 Å². The molecule has 1 N–H and O–H groups in total. The molecule has 0 amide bonds. The van der Waals surface area contributed by atoms with Gasteiger partial charge in [0.25, 0.3) is 0 Å². The number of benzene rings is 2. The maximum Gasteiger partial charge on any atom is 0.336 e. The zero-order chi connectivity index (χ0) is 20.6. The van der Waals surface area contributed by atoms with E-state index >= 15 is 0 Å². The second-order valence-electron chi connectivity index (χ2n) is 7.52. The smallest absolute Gasteiger partial charge is 0.336 e. The lowest BCUT2D eigenvalue weighted by molar-refractivity contribution is -0.155. The highest BCUT2D eigenvalue weighted by molar-refractivity contribution is 5.87. The molecule has 2 aromatic carbocycles. The van der Waals surface area contributed by atoms with E-state index in [2.05, 4.69) is 0 Å². The summed E-state index contributed by atoms with van der Waals surface area (Å²) < 4.78 is 16.9. The molecule has 0 saturated heterocycles. The van der Waals surface area contributed by atoms with Gasteiger partial charge in [0, 0.05) is 30.0 Å². The van der Waals surface area contributed by atoms with Crippen LogP contribution in [0.25, 0.3) is 17.0 Å². The van der Waals surface area contributed by atoms with E-state index in [1.165, 1.54) is 12.1 Å². The molecular weight excluding hydrogens is 372 g/mol. The van der Waals surface area contributed by atoms with Crippen LogP contribution in [0.3, 0.4) is 0 Å². The first kappa shape index (κ1) is 18.8. The molecule has 1 aliphatic heterocycles. The van der Waals surface area contributed by atoms with E-state index < -0.39 is 23.3 Å². The average molecular weight is 392 g/mol. The first-order valence-corrected chi connectivity index (χ1v) is 9.24. The van der Waals surface area contributed by atoms with Crippen LogP contribution in [-0.2, 0) is 16.0 Å². The van der Waals surface area contributed by atoms with E-state index in [0.29, 0.717) is 23.3 Å². The van der Waals surface area contributed by atoms with Gasteiger partial charge in [0.2, 0.25) is 0 Å². The predicted octanol–water partition coefficient (Wildman–Crippen LogP) is 3.84. The third kappa shape index (κ3) is 4.01. The van der Waals surface area contributed by atoms with Crippen molar-refractivity contribution in [2.24, 2.45) is 0 Å². The summed E-state index contributed by atoms with van der Waals surface area (Å²) in [5, 5.41) is 10.3. The molecule has 2 heterocycles. The summed E-state index contributed by atoms with van der Waals surface area (Å²) in [5.41, 5.74) is 0.846. The van der Waals surface area contributed by atoms with Crippen LogP contribution < -0.4 is 10.4 Å². The first-order chi connectivity index (χ1) is 13.8. The van der Waals surface area contributed by atoms with Crippen LogP contribution in [0.1, 0.15) is 25.0 Å². The number of fused-ring (bicyclic) bond motifs is 2. The fourth-order valence-electron chi connectivity index (χ4n) is 3.35. The lowest BCUT2D eigenvalue weighted by Gasteiger charge is -2.39. The van der Waals surface area contributed by atoms with Crippen molar-refractivity contribution < 1.29 is 23.8 Å². The number of ether oxygens (including phenoxy) is 2. The molecule has 0 fully saturated rings. The van der Waals surface area contributed by atoms with Crippen molar-refractivity contribution in [3.8, 4) is 11.5 Å². The number of hydrogen-bond acceptors (Lipinski definition) is 6. The van der Waals surface area contributed by atoms with Crippen LogP contribution in [0.4, 0.5) is 0 Å². The molecule has 1 aromatic heterocycles. The van der Waals surface area contributed by atoms with Crippen molar-refractivity contribution in [3.63, 3.8) is 0 Å². The topological polar surface area (TPSA) is 86.0 Å². The van der Waals surface area contributed by atoms with Crippen LogP contribution >= 0.6 is 0 Å². The van der Waals surface area contributed by atoms with Crippen molar-refractivity contribution in [1.29, 1.82) is 0 Å². The Morgan fingerprint density at radius 1 is 1.21 bits per heavy atom. The molecule has 29 heavy (non-hydrogen) atoms. The highest BCUT2D eigenvalue weighted by atomic mass is 16.6. The number of phenols is 1. The maximum atomic E-state index is 12.3. The summed E-state index contributed by atoms with van der Waals surface area (Å²) in [5.74, 6) is 0.242. The van der Waals surface area contributed by atoms with Gasteiger partial charge >= 0.3 is 11.6 Å².